The lowest BCUT2D eigenvalue weighted by molar-refractivity contribution is -0.122. The number of hydrogen-bond acceptors (Lipinski definition) is 2. The lowest BCUT2D eigenvalue weighted by atomic mass is 9.89. The molecule has 1 aromatic rings. The number of carbonyl (C=O) groups is 1. The minimum atomic E-state index is -0.211. The van der Waals surface area contributed by atoms with Crippen molar-refractivity contribution in [2.45, 2.75) is 57.5 Å². The standard InChI is InChI=1S/C19H27FN2O/c20-17-8-6-16(7-9-17)13-22(18-10-11-18)14-19(23)21-12-15-4-2-1-3-5-15/h6-9,15,18H,1-5,10-14H2,(H,21,23). The smallest absolute Gasteiger partial charge is 0.234 e. The van der Waals surface area contributed by atoms with Gasteiger partial charge in [0.2, 0.25) is 5.91 Å². The van der Waals surface area contributed by atoms with Gasteiger partial charge in [0, 0.05) is 19.1 Å². The molecule has 0 bridgehead atoms. The second-order valence-corrected chi connectivity index (χ2v) is 7.07. The highest BCUT2D eigenvalue weighted by molar-refractivity contribution is 5.78. The average molecular weight is 318 g/mol. The molecule has 0 aromatic heterocycles. The topological polar surface area (TPSA) is 32.3 Å². The van der Waals surface area contributed by atoms with E-state index >= 15 is 0 Å². The fourth-order valence-corrected chi connectivity index (χ4v) is 3.47. The van der Waals surface area contributed by atoms with Crippen molar-refractivity contribution >= 4 is 5.91 Å². The Bertz CT molecular complexity index is 507. The summed E-state index contributed by atoms with van der Waals surface area (Å²) in [5.41, 5.74) is 1.07. The lowest BCUT2D eigenvalue weighted by Crippen LogP contribution is -2.40. The normalized spacial score (nSPS) is 19.0. The molecule has 2 aliphatic carbocycles. The quantitative estimate of drug-likeness (QED) is 0.835. The Morgan fingerprint density at radius 2 is 1.78 bits per heavy atom. The molecule has 2 fully saturated rings. The number of carbonyl (C=O) groups excluding carboxylic acids is 1. The molecule has 2 aliphatic rings. The van der Waals surface area contributed by atoms with Crippen molar-refractivity contribution in [3.8, 4) is 0 Å². The molecular weight excluding hydrogens is 291 g/mol. The summed E-state index contributed by atoms with van der Waals surface area (Å²) in [6.45, 7) is 2.00. The summed E-state index contributed by atoms with van der Waals surface area (Å²) < 4.78 is 13.0. The van der Waals surface area contributed by atoms with Gasteiger partial charge in [-0.3, -0.25) is 9.69 Å². The molecule has 0 unspecified atom stereocenters. The van der Waals surface area contributed by atoms with Gasteiger partial charge in [0.1, 0.15) is 5.82 Å². The Morgan fingerprint density at radius 3 is 2.43 bits per heavy atom. The van der Waals surface area contributed by atoms with Gasteiger partial charge in [0.25, 0.3) is 0 Å². The van der Waals surface area contributed by atoms with Crippen molar-refractivity contribution in [1.29, 1.82) is 0 Å². The molecule has 0 heterocycles. The van der Waals surface area contributed by atoms with Crippen LogP contribution >= 0.6 is 0 Å². The monoisotopic (exact) mass is 318 g/mol. The third-order valence-corrected chi connectivity index (χ3v) is 5.02. The fraction of sp³-hybridized carbons (Fsp3) is 0.632. The van der Waals surface area contributed by atoms with Crippen LogP contribution in [0, 0.1) is 11.7 Å². The van der Waals surface area contributed by atoms with Gasteiger partial charge < -0.3 is 5.32 Å². The van der Waals surface area contributed by atoms with Gasteiger partial charge in [-0.05, 0) is 49.3 Å². The molecule has 0 radical (unpaired) electrons. The molecule has 0 atom stereocenters. The van der Waals surface area contributed by atoms with Crippen LogP contribution in [0.25, 0.3) is 0 Å². The van der Waals surface area contributed by atoms with Gasteiger partial charge in [-0.2, -0.15) is 0 Å². The Hall–Kier alpha value is -1.42. The fourth-order valence-electron chi connectivity index (χ4n) is 3.47. The maximum Gasteiger partial charge on any atom is 0.234 e. The number of nitrogens with zero attached hydrogens (tertiary/aromatic N) is 1. The number of benzene rings is 1. The molecule has 2 saturated carbocycles. The van der Waals surface area contributed by atoms with Crippen molar-refractivity contribution in [3.63, 3.8) is 0 Å². The minimum Gasteiger partial charge on any atom is -0.355 e. The summed E-state index contributed by atoms with van der Waals surface area (Å²) in [6, 6.07) is 7.11. The molecule has 1 aromatic carbocycles. The Labute approximate surface area is 138 Å². The largest absolute Gasteiger partial charge is 0.355 e. The van der Waals surface area contributed by atoms with Crippen molar-refractivity contribution in [3.05, 3.63) is 35.6 Å². The van der Waals surface area contributed by atoms with Crippen LogP contribution < -0.4 is 5.32 Å². The van der Waals surface area contributed by atoms with Crippen LogP contribution in [0.4, 0.5) is 4.39 Å². The maximum absolute atomic E-state index is 13.0. The highest BCUT2D eigenvalue weighted by atomic mass is 19.1. The summed E-state index contributed by atoms with van der Waals surface area (Å²) in [5.74, 6) is 0.584. The first-order valence-corrected chi connectivity index (χ1v) is 8.96. The zero-order valence-corrected chi connectivity index (χ0v) is 13.8. The van der Waals surface area contributed by atoms with Crippen LogP contribution in [0.3, 0.4) is 0 Å². The van der Waals surface area contributed by atoms with E-state index < -0.39 is 0 Å². The van der Waals surface area contributed by atoms with Crippen molar-refractivity contribution < 1.29 is 9.18 Å². The van der Waals surface area contributed by atoms with Gasteiger partial charge in [-0.1, -0.05) is 31.4 Å². The number of halogens is 1. The lowest BCUT2D eigenvalue weighted by Gasteiger charge is -2.24. The second-order valence-electron chi connectivity index (χ2n) is 7.07. The summed E-state index contributed by atoms with van der Waals surface area (Å²) in [7, 11) is 0. The average Bonchev–Trinajstić information content (AvgIpc) is 3.40. The Kier molecular flexibility index (Phi) is 5.65. The van der Waals surface area contributed by atoms with E-state index in [0.717, 1.165) is 31.5 Å². The van der Waals surface area contributed by atoms with Crippen molar-refractivity contribution in [1.82, 2.24) is 10.2 Å². The van der Waals surface area contributed by atoms with Crippen LogP contribution in [-0.4, -0.2) is 29.9 Å². The number of nitrogens with one attached hydrogen (secondary N) is 1. The molecule has 0 saturated heterocycles. The molecule has 0 aliphatic heterocycles. The van der Waals surface area contributed by atoms with E-state index in [1.54, 1.807) is 0 Å². The molecule has 1 N–H and O–H groups in total. The molecule has 3 nitrogen and oxygen atoms in total. The van der Waals surface area contributed by atoms with Crippen LogP contribution in [0.15, 0.2) is 24.3 Å². The number of hydrogen-bond donors (Lipinski definition) is 1. The van der Waals surface area contributed by atoms with Crippen LogP contribution in [0.1, 0.15) is 50.5 Å². The van der Waals surface area contributed by atoms with Gasteiger partial charge in [-0.15, -0.1) is 0 Å². The molecule has 126 valence electrons. The van der Waals surface area contributed by atoms with E-state index in [1.807, 2.05) is 12.1 Å². The third-order valence-electron chi connectivity index (χ3n) is 5.02. The van der Waals surface area contributed by atoms with E-state index in [1.165, 1.54) is 44.2 Å². The highest BCUT2D eigenvalue weighted by Gasteiger charge is 2.30. The van der Waals surface area contributed by atoms with Gasteiger partial charge in [0.05, 0.1) is 6.54 Å². The van der Waals surface area contributed by atoms with Crippen LogP contribution in [-0.2, 0) is 11.3 Å². The van der Waals surface area contributed by atoms with Crippen LogP contribution in [0.2, 0.25) is 0 Å². The molecule has 1 amide bonds. The van der Waals surface area contributed by atoms with Gasteiger partial charge >= 0.3 is 0 Å². The van der Waals surface area contributed by atoms with Crippen molar-refractivity contribution in [2.24, 2.45) is 5.92 Å². The first kappa shape index (κ1) is 16.4. The van der Waals surface area contributed by atoms with E-state index in [9.17, 15) is 9.18 Å². The summed E-state index contributed by atoms with van der Waals surface area (Å²) in [6.07, 6.45) is 8.79. The Morgan fingerprint density at radius 1 is 1.09 bits per heavy atom. The zero-order chi connectivity index (χ0) is 16.1. The molecule has 3 rings (SSSR count). The molecule has 4 heteroatoms. The predicted octanol–water partition coefficient (Wildman–Crippen LogP) is 3.49. The van der Waals surface area contributed by atoms with Gasteiger partial charge in [-0.25, -0.2) is 4.39 Å². The van der Waals surface area contributed by atoms with E-state index in [2.05, 4.69) is 10.2 Å². The highest BCUT2D eigenvalue weighted by Crippen LogP contribution is 2.28. The molecule has 0 spiro atoms. The van der Waals surface area contributed by atoms with E-state index in [0.29, 0.717) is 18.5 Å². The van der Waals surface area contributed by atoms with E-state index in [4.69, 9.17) is 0 Å². The van der Waals surface area contributed by atoms with Crippen molar-refractivity contribution in [2.75, 3.05) is 13.1 Å². The first-order chi connectivity index (χ1) is 11.2. The first-order valence-electron chi connectivity index (χ1n) is 8.96. The molecule has 23 heavy (non-hydrogen) atoms. The predicted molar refractivity (Wildman–Crippen MR) is 89.4 cm³/mol. The zero-order valence-electron chi connectivity index (χ0n) is 13.8. The van der Waals surface area contributed by atoms with Crippen LogP contribution in [0.5, 0.6) is 0 Å². The number of amides is 1. The third kappa shape index (κ3) is 5.31. The maximum atomic E-state index is 13.0. The van der Waals surface area contributed by atoms with E-state index in [-0.39, 0.29) is 11.7 Å². The Balaban J connectivity index is 1.46. The summed E-state index contributed by atoms with van der Waals surface area (Å²) in [5, 5.41) is 3.12. The SMILES string of the molecule is O=C(CN(Cc1ccc(F)cc1)C1CC1)NCC1CCCCC1. The number of rotatable bonds is 7. The summed E-state index contributed by atoms with van der Waals surface area (Å²) in [4.78, 5) is 14.5. The minimum absolute atomic E-state index is 0.129. The summed E-state index contributed by atoms with van der Waals surface area (Å²) >= 11 is 0. The van der Waals surface area contributed by atoms with Gasteiger partial charge in [0.15, 0.2) is 0 Å². The molecular formula is C19H27FN2O. The second kappa shape index (κ2) is 7.91.